The topological polar surface area (TPSA) is 68.2 Å². The lowest BCUT2D eigenvalue weighted by Crippen LogP contribution is -2.31. The van der Waals surface area contributed by atoms with Crippen LogP contribution in [0.2, 0.25) is 0 Å². The maximum absolute atomic E-state index is 12.0. The molecule has 1 aromatic rings. The molecule has 7 heteroatoms. The molecule has 0 aliphatic heterocycles. The third-order valence-electron chi connectivity index (χ3n) is 2.70. The predicted octanol–water partition coefficient (Wildman–Crippen LogP) is 1.83. The molecule has 0 aliphatic carbocycles. The summed E-state index contributed by atoms with van der Waals surface area (Å²) in [5.74, 6) is -0.170. The first kappa shape index (κ1) is 16.2. The summed E-state index contributed by atoms with van der Waals surface area (Å²) in [4.78, 5) is 12.0. The predicted molar refractivity (Wildman–Crippen MR) is 79.1 cm³/mol. The third kappa shape index (κ3) is 4.99. The Hall–Kier alpha value is -0.820. The van der Waals surface area contributed by atoms with Gasteiger partial charge in [-0.05, 0) is 28.4 Å². The number of rotatable bonds is 7. The van der Waals surface area contributed by atoms with Crippen molar-refractivity contribution in [2.75, 3.05) is 18.1 Å². The monoisotopic (exact) mass is 350 g/mol. The van der Waals surface area contributed by atoms with Crippen LogP contribution >= 0.6 is 15.9 Å². The highest BCUT2D eigenvalue weighted by molar-refractivity contribution is 9.10. The fraction of sp³-hybridized carbons (Fsp3) is 0.583. The number of amides is 1. The van der Waals surface area contributed by atoms with Gasteiger partial charge in [0.15, 0.2) is 9.84 Å². The average molecular weight is 351 g/mol. The molecule has 1 N–H and O–H groups in total. The Morgan fingerprint density at radius 3 is 2.68 bits per heavy atom. The van der Waals surface area contributed by atoms with Gasteiger partial charge in [0.05, 0.1) is 5.75 Å². The van der Waals surface area contributed by atoms with Crippen molar-refractivity contribution in [2.24, 2.45) is 0 Å². The molecule has 1 amide bonds. The summed E-state index contributed by atoms with van der Waals surface area (Å²) in [7, 11) is -3.04. The Bertz CT molecular complexity index is 537. The van der Waals surface area contributed by atoms with Crippen LogP contribution in [0, 0.1) is 0 Å². The number of nitrogens with one attached hydrogen (secondary N) is 1. The molecule has 5 nitrogen and oxygen atoms in total. The highest BCUT2D eigenvalue weighted by atomic mass is 79.9. The number of nitrogens with zero attached hydrogens (tertiary/aromatic N) is 1. The van der Waals surface area contributed by atoms with Gasteiger partial charge in [0, 0.05) is 29.5 Å². The normalized spacial score (nSPS) is 11.5. The van der Waals surface area contributed by atoms with E-state index in [1.165, 1.54) is 0 Å². The lowest BCUT2D eigenvalue weighted by molar-refractivity contribution is 0.0946. The Balaban J connectivity index is 2.63. The standard InChI is InChI=1S/C12H19BrN2O3S/c1-3-6-15-9-10(13)8-11(15)12(16)14-5-7-19(17,18)4-2/h8-9H,3-7H2,1-2H3,(H,14,16). The summed E-state index contributed by atoms with van der Waals surface area (Å²) in [6, 6.07) is 1.74. The minimum absolute atomic E-state index is 0.0229. The van der Waals surface area contributed by atoms with Crippen LogP contribution in [-0.4, -0.2) is 36.9 Å². The molecule has 19 heavy (non-hydrogen) atoms. The zero-order chi connectivity index (χ0) is 14.5. The van der Waals surface area contributed by atoms with Gasteiger partial charge in [-0.15, -0.1) is 0 Å². The molecule has 1 rings (SSSR count). The summed E-state index contributed by atoms with van der Waals surface area (Å²) in [6.45, 7) is 4.52. The van der Waals surface area contributed by atoms with E-state index in [0.717, 1.165) is 17.4 Å². The molecule has 0 bridgehead atoms. The number of aromatic nitrogens is 1. The number of aryl methyl sites for hydroxylation is 1. The van der Waals surface area contributed by atoms with Crippen molar-refractivity contribution in [1.29, 1.82) is 0 Å². The summed E-state index contributed by atoms with van der Waals surface area (Å²) in [5, 5.41) is 2.64. The summed E-state index contributed by atoms with van der Waals surface area (Å²) in [6.07, 6.45) is 2.77. The molecule has 0 aromatic carbocycles. The van der Waals surface area contributed by atoms with E-state index in [2.05, 4.69) is 21.2 Å². The van der Waals surface area contributed by atoms with Gasteiger partial charge in [-0.2, -0.15) is 0 Å². The smallest absolute Gasteiger partial charge is 0.267 e. The minimum atomic E-state index is -3.04. The highest BCUT2D eigenvalue weighted by Crippen LogP contribution is 2.15. The van der Waals surface area contributed by atoms with Gasteiger partial charge >= 0.3 is 0 Å². The molecular weight excluding hydrogens is 332 g/mol. The van der Waals surface area contributed by atoms with Crippen molar-refractivity contribution >= 4 is 31.7 Å². The Morgan fingerprint density at radius 1 is 1.42 bits per heavy atom. The van der Waals surface area contributed by atoms with Gasteiger partial charge in [-0.1, -0.05) is 13.8 Å². The van der Waals surface area contributed by atoms with Crippen LogP contribution in [0.5, 0.6) is 0 Å². The van der Waals surface area contributed by atoms with Crippen LogP contribution in [0.1, 0.15) is 30.8 Å². The summed E-state index contributed by atoms with van der Waals surface area (Å²) < 4.78 is 25.3. The van der Waals surface area contributed by atoms with E-state index in [4.69, 9.17) is 0 Å². The zero-order valence-corrected chi connectivity index (χ0v) is 13.6. The lowest BCUT2D eigenvalue weighted by atomic mass is 10.4. The fourth-order valence-electron chi connectivity index (χ4n) is 1.65. The number of hydrogen-bond donors (Lipinski definition) is 1. The third-order valence-corrected chi connectivity index (χ3v) is 4.84. The fourth-order valence-corrected chi connectivity index (χ4v) is 2.81. The Kier molecular flexibility index (Phi) is 6.06. The van der Waals surface area contributed by atoms with Crippen molar-refractivity contribution in [3.63, 3.8) is 0 Å². The van der Waals surface area contributed by atoms with Crippen LogP contribution in [0.3, 0.4) is 0 Å². The maximum atomic E-state index is 12.0. The summed E-state index contributed by atoms with van der Waals surface area (Å²) >= 11 is 3.34. The van der Waals surface area contributed by atoms with Crippen molar-refractivity contribution < 1.29 is 13.2 Å². The Labute approximate surface area is 122 Å². The van der Waals surface area contributed by atoms with Crippen molar-refractivity contribution in [3.8, 4) is 0 Å². The molecule has 0 atom stereocenters. The van der Waals surface area contributed by atoms with Gasteiger partial charge in [-0.3, -0.25) is 4.79 Å². The first-order valence-corrected chi connectivity index (χ1v) is 8.85. The molecule has 1 aromatic heterocycles. The quantitative estimate of drug-likeness (QED) is 0.815. The van der Waals surface area contributed by atoms with E-state index in [0.29, 0.717) is 5.69 Å². The van der Waals surface area contributed by atoms with Crippen LogP contribution in [-0.2, 0) is 16.4 Å². The van der Waals surface area contributed by atoms with Crippen molar-refractivity contribution in [2.45, 2.75) is 26.8 Å². The number of hydrogen-bond acceptors (Lipinski definition) is 3. The lowest BCUT2D eigenvalue weighted by Gasteiger charge is -2.08. The minimum Gasteiger partial charge on any atom is -0.350 e. The summed E-state index contributed by atoms with van der Waals surface area (Å²) in [5.41, 5.74) is 0.544. The second-order valence-electron chi connectivity index (χ2n) is 4.23. The number of halogens is 1. The zero-order valence-electron chi connectivity index (χ0n) is 11.1. The molecule has 1 heterocycles. The SMILES string of the molecule is CCCn1cc(Br)cc1C(=O)NCCS(=O)(=O)CC. The van der Waals surface area contributed by atoms with E-state index in [9.17, 15) is 13.2 Å². The second-order valence-corrected chi connectivity index (χ2v) is 7.62. The van der Waals surface area contributed by atoms with Gasteiger partial charge in [0.25, 0.3) is 5.91 Å². The first-order chi connectivity index (χ1) is 8.89. The molecule has 0 saturated heterocycles. The largest absolute Gasteiger partial charge is 0.350 e. The maximum Gasteiger partial charge on any atom is 0.267 e. The Morgan fingerprint density at radius 2 is 2.11 bits per heavy atom. The van der Waals surface area contributed by atoms with Gasteiger partial charge in [0.2, 0.25) is 0 Å². The van der Waals surface area contributed by atoms with Crippen molar-refractivity contribution in [1.82, 2.24) is 9.88 Å². The molecule has 108 valence electrons. The number of carbonyl (C=O) groups is 1. The van der Waals surface area contributed by atoms with Crippen LogP contribution in [0.15, 0.2) is 16.7 Å². The van der Waals surface area contributed by atoms with E-state index < -0.39 is 9.84 Å². The molecule has 0 saturated carbocycles. The van der Waals surface area contributed by atoms with Gasteiger partial charge < -0.3 is 9.88 Å². The van der Waals surface area contributed by atoms with E-state index in [1.54, 1.807) is 13.0 Å². The average Bonchev–Trinajstić information content (AvgIpc) is 2.70. The van der Waals surface area contributed by atoms with Crippen LogP contribution < -0.4 is 5.32 Å². The van der Waals surface area contributed by atoms with Gasteiger partial charge in [-0.25, -0.2) is 8.42 Å². The number of carbonyl (C=O) groups excluding carboxylic acids is 1. The molecule has 0 radical (unpaired) electrons. The first-order valence-electron chi connectivity index (χ1n) is 6.24. The van der Waals surface area contributed by atoms with Crippen LogP contribution in [0.4, 0.5) is 0 Å². The van der Waals surface area contributed by atoms with Gasteiger partial charge in [0.1, 0.15) is 5.69 Å². The molecule has 0 fully saturated rings. The van der Waals surface area contributed by atoms with E-state index >= 15 is 0 Å². The molecular formula is C12H19BrN2O3S. The molecule has 0 spiro atoms. The number of sulfone groups is 1. The van der Waals surface area contributed by atoms with Crippen LogP contribution in [0.25, 0.3) is 0 Å². The van der Waals surface area contributed by atoms with Crippen molar-refractivity contribution in [3.05, 3.63) is 22.4 Å². The molecule has 0 aliphatic rings. The molecule has 0 unspecified atom stereocenters. The van der Waals surface area contributed by atoms with E-state index in [1.807, 2.05) is 17.7 Å². The highest BCUT2D eigenvalue weighted by Gasteiger charge is 2.13. The van der Waals surface area contributed by atoms with E-state index in [-0.39, 0.29) is 24.0 Å². The second kappa shape index (κ2) is 7.09.